The summed E-state index contributed by atoms with van der Waals surface area (Å²) >= 11 is 0. The maximum Gasteiger partial charge on any atom is 0.358 e. The fourth-order valence-electron chi connectivity index (χ4n) is 1.35. The van der Waals surface area contributed by atoms with Gasteiger partial charge in [0.2, 0.25) is 0 Å². The van der Waals surface area contributed by atoms with Gasteiger partial charge in [0.15, 0.2) is 5.69 Å². The molecular formula is C11H16N2O4. The number of nitrogens with zero attached hydrogens (tertiary/aromatic N) is 2. The molecule has 0 N–H and O–H groups in total. The number of carbonyl (C=O) groups is 2. The highest BCUT2D eigenvalue weighted by atomic mass is 16.5. The van der Waals surface area contributed by atoms with E-state index in [0.29, 0.717) is 6.61 Å². The van der Waals surface area contributed by atoms with Gasteiger partial charge in [-0.25, -0.2) is 4.79 Å². The molecule has 0 aliphatic carbocycles. The fraction of sp³-hybridized carbons (Fsp3) is 0.545. The Morgan fingerprint density at radius 2 is 2.24 bits per heavy atom. The van der Waals surface area contributed by atoms with Crippen molar-refractivity contribution in [2.45, 2.75) is 26.3 Å². The van der Waals surface area contributed by atoms with Gasteiger partial charge in [-0.1, -0.05) is 0 Å². The lowest BCUT2D eigenvalue weighted by molar-refractivity contribution is -0.143. The maximum atomic E-state index is 11.3. The number of ether oxygens (including phenoxy) is 2. The van der Waals surface area contributed by atoms with Crippen molar-refractivity contribution in [3.63, 3.8) is 0 Å². The molecule has 0 aliphatic heterocycles. The van der Waals surface area contributed by atoms with Crippen molar-refractivity contribution in [3.05, 3.63) is 18.0 Å². The van der Waals surface area contributed by atoms with Crippen LogP contribution in [0.1, 0.15) is 36.8 Å². The lowest BCUT2D eigenvalue weighted by Crippen LogP contribution is -2.14. The molecule has 1 aromatic rings. The zero-order valence-corrected chi connectivity index (χ0v) is 10.2. The summed E-state index contributed by atoms with van der Waals surface area (Å²) in [7, 11) is 1.30. The number of aromatic nitrogens is 2. The van der Waals surface area contributed by atoms with Gasteiger partial charge in [0.05, 0.1) is 26.2 Å². The van der Waals surface area contributed by atoms with Crippen LogP contribution in [0.4, 0.5) is 0 Å². The summed E-state index contributed by atoms with van der Waals surface area (Å²) in [5.41, 5.74) is 0.225. The van der Waals surface area contributed by atoms with Crippen molar-refractivity contribution in [1.29, 1.82) is 0 Å². The van der Waals surface area contributed by atoms with Gasteiger partial charge in [-0.2, -0.15) is 5.10 Å². The topological polar surface area (TPSA) is 70.4 Å². The van der Waals surface area contributed by atoms with Gasteiger partial charge >= 0.3 is 11.9 Å². The molecule has 1 rings (SSSR count). The van der Waals surface area contributed by atoms with E-state index in [4.69, 9.17) is 4.74 Å². The van der Waals surface area contributed by atoms with Crippen LogP contribution in [0, 0.1) is 0 Å². The van der Waals surface area contributed by atoms with E-state index in [1.807, 2.05) is 6.92 Å². The van der Waals surface area contributed by atoms with Crippen LogP contribution < -0.4 is 0 Å². The van der Waals surface area contributed by atoms with Crippen molar-refractivity contribution in [1.82, 2.24) is 9.78 Å². The average Bonchev–Trinajstić information content (AvgIpc) is 2.77. The summed E-state index contributed by atoms with van der Waals surface area (Å²) in [6.45, 7) is 3.94. The molecule has 0 fully saturated rings. The van der Waals surface area contributed by atoms with Crippen molar-refractivity contribution >= 4 is 11.9 Å². The van der Waals surface area contributed by atoms with Crippen LogP contribution >= 0.6 is 0 Å². The first-order chi connectivity index (χ1) is 8.08. The van der Waals surface area contributed by atoms with Crippen LogP contribution in [0.25, 0.3) is 0 Å². The minimum Gasteiger partial charge on any atom is -0.466 e. The van der Waals surface area contributed by atoms with Gasteiger partial charge in [0, 0.05) is 6.20 Å². The summed E-state index contributed by atoms with van der Waals surface area (Å²) in [4.78, 5) is 22.5. The van der Waals surface area contributed by atoms with Gasteiger partial charge in [-0.15, -0.1) is 0 Å². The lowest BCUT2D eigenvalue weighted by atomic mass is 10.2. The number of hydrogen-bond acceptors (Lipinski definition) is 5. The van der Waals surface area contributed by atoms with Crippen LogP contribution in [0.15, 0.2) is 12.3 Å². The second kappa shape index (κ2) is 6.03. The third-order valence-corrected chi connectivity index (χ3v) is 2.22. The van der Waals surface area contributed by atoms with Crippen molar-refractivity contribution in [2.75, 3.05) is 13.7 Å². The van der Waals surface area contributed by atoms with Gasteiger partial charge in [0.25, 0.3) is 0 Å². The number of hydrogen-bond donors (Lipinski definition) is 0. The van der Waals surface area contributed by atoms with Crippen molar-refractivity contribution in [3.8, 4) is 0 Å². The Kier molecular flexibility index (Phi) is 4.68. The Labute approximate surface area is 99.5 Å². The largest absolute Gasteiger partial charge is 0.466 e. The normalized spacial score (nSPS) is 11.9. The standard InChI is InChI=1S/C11H16N2O4/c1-4-17-10(14)7-8(2)13-6-5-9(12-13)11(15)16-3/h5-6,8H,4,7H2,1-3H3/t8-/m1/s1. The number of carbonyl (C=O) groups excluding carboxylic acids is 2. The molecule has 0 amide bonds. The highest BCUT2D eigenvalue weighted by Crippen LogP contribution is 2.11. The Morgan fingerprint density at radius 1 is 1.53 bits per heavy atom. The minimum atomic E-state index is -0.493. The van der Waals surface area contributed by atoms with E-state index in [0.717, 1.165) is 0 Å². The first-order valence-electron chi connectivity index (χ1n) is 5.37. The highest BCUT2D eigenvalue weighted by Gasteiger charge is 2.15. The lowest BCUT2D eigenvalue weighted by Gasteiger charge is -2.10. The fourth-order valence-corrected chi connectivity index (χ4v) is 1.35. The molecule has 1 aromatic heterocycles. The predicted octanol–water partition coefficient (Wildman–Crippen LogP) is 1.18. The van der Waals surface area contributed by atoms with E-state index in [9.17, 15) is 9.59 Å². The molecule has 0 saturated heterocycles. The number of rotatable bonds is 5. The average molecular weight is 240 g/mol. The van der Waals surface area contributed by atoms with Crippen LogP contribution in [-0.2, 0) is 14.3 Å². The second-order valence-electron chi connectivity index (χ2n) is 3.53. The monoisotopic (exact) mass is 240 g/mol. The maximum absolute atomic E-state index is 11.3. The van der Waals surface area contributed by atoms with E-state index in [2.05, 4.69) is 9.84 Å². The molecule has 0 aliphatic rings. The highest BCUT2D eigenvalue weighted by molar-refractivity contribution is 5.86. The zero-order chi connectivity index (χ0) is 12.8. The summed E-state index contributed by atoms with van der Waals surface area (Å²) in [5.74, 6) is -0.776. The molecule has 6 nitrogen and oxygen atoms in total. The van der Waals surface area contributed by atoms with Crippen LogP contribution in [-0.4, -0.2) is 35.4 Å². The van der Waals surface area contributed by atoms with E-state index in [-0.39, 0.29) is 24.1 Å². The van der Waals surface area contributed by atoms with Crippen LogP contribution in [0.2, 0.25) is 0 Å². The third-order valence-electron chi connectivity index (χ3n) is 2.22. The summed E-state index contributed by atoms with van der Waals surface area (Å²) < 4.78 is 10.9. The van der Waals surface area contributed by atoms with E-state index in [1.54, 1.807) is 23.9 Å². The molecule has 0 radical (unpaired) electrons. The molecule has 1 atom stereocenters. The molecule has 94 valence electrons. The molecule has 0 spiro atoms. The van der Waals surface area contributed by atoms with Gasteiger partial charge < -0.3 is 9.47 Å². The Bertz CT molecular complexity index is 400. The quantitative estimate of drug-likeness (QED) is 0.723. The number of methoxy groups -OCH3 is 1. The summed E-state index contributed by atoms with van der Waals surface area (Å²) in [5, 5.41) is 4.03. The molecule has 6 heteroatoms. The van der Waals surface area contributed by atoms with Gasteiger partial charge in [-0.05, 0) is 19.9 Å². The molecule has 0 aromatic carbocycles. The molecular weight excluding hydrogens is 224 g/mol. The Morgan fingerprint density at radius 3 is 2.82 bits per heavy atom. The second-order valence-corrected chi connectivity index (χ2v) is 3.53. The van der Waals surface area contributed by atoms with E-state index >= 15 is 0 Å². The van der Waals surface area contributed by atoms with Gasteiger partial charge in [-0.3, -0.25) is 9.48 Å². The zero-order valence-electron chi connectivity index (χ0n) is 10.2. The van der Waals surface area contributed by atoms with Crippen LogP contribution in [0.3, 0.4) is 0 Å². The number of esters is 2. The first kappa shape index (κ1) is 13.2. The Balaban J connectivity index is 2.63. The van der Waals surface area contributed by atoms with Crippen molar-refractivity contribution < 1.29 is 19.1 Å². The van der Waals surface area contributed by atoms with Crippen LogP contribution in [0.5, 0.6) is 0 Å². The van der Waals surface area contributed by atoms with Gasteiger partial charge in [0.1, 0.15) is 0 Å². The molecule has 1 heterocycles. The minimum absolute atomic E-state index is 0.160. The molecule has 17 heavy (non-hydrogen) atoms. The third kappa shape index (κ3) is 3.58. The van der Waals surface area contributed by atoms with Crippen molar-refractivity contribution in [2.24, 2.45) is 0 Å². The summed E-state index contributed by atoms with van der Waals surface area (Å²) in [6, 6.07) is 1.39. The predicted molar refractivity (Wildman–Crippen MR) is 59.5 cm³/mol. The molecule has 0 saturated carbocycles. The molecule has 0 bridgehead atoms. The smallest absolute Gasteiger partial charge is 0.358 e. The summed E-state index contributed by atoms with van der Waals surface area (Å²) in [6.07, 6.45) is 1.85. The molecule has 0 unspecified atom stereocenters. The first-order valence-corrected chi connectivity index (χ1v) is 5.37. The van der Waals surface area contributed by atoms with E-state index < -0.39 is 5.97 Å². The SMILES string of the molecule is CCOC(=O)C[C@@H](C)n1ccc(C(=O)OC)n1. The Hall–Kier alpha value is -1.85. The van der Waals surface area contributed by atoms with E-state index in [1.165, 1.54) is 7.11 Å².